The van der Waals surface area contributed by atoms with Gasteiger partial charge in [0, 0.05) is 25.4 Å². The number of carbonyl (C=O) groups excluding carboxylic acids is 1. The zero-order valence-corrected chi connectivity index (χ0v) is 13.5. The van der Waals surface area contributed by atoms with E-state index in [0.29, 0.717) is 36.9 Å². The monoisotopic (exact) mass is 328 g/mol. The molecule has 122 valence electrons. The predicted molar refractivity (Wildman–Crippen MR) is 83.7 cm³/mol. The molecule has 8 heteroatoms. The lowest BCUT2D eigenvalue weighted by atomic mass is 10.2. The summed E-state index contributed by atoms with van der Waals surface area (Å²) in [6.07, 6.45) is 2.28. The van der Waals surface area contributed by atoms with Crippen LogP contribution in [-0.4, -0.2) is 35.2 Å². The van der Waals surface area contributed by atoms with E-state index in [9.17, 15) is 4.79 Å². The van der Waals surface area contributed by atoms with Crippen molar-refractivity contribution in [3.8, 4) is 11.6 Å². The molecule has 0 aliphatic rings. The number of halogens is 1. The molecule has 0 fully saturated rings. The lowest BCUT2D eigenvalue weighted by Crippen LogP contribution is -2.38. The summed E-state index contributed by atoms with van der Waals surface area (Å²) in [6.45, 7) is 5.55. The number of aromatic nitrogens is 2. The number of hydrogen-bond acceptors (Lipinski definition) is 6. The molecule has 2 N–H and O–H groups in total. The molecular formula is C14H21ClN4O3. The largest absolute Gasteiger partial charge is 0.461 e. The number of nitrogens with zero attached hydrogens (tertiary/aromatic N) is 2. The molecule has 0 radical (unpaired) electrons. The molecule has 2 rings (SSSR count). The third kappa shape index (κ3) is 5.50. The second-order valence-corrected chi connectivity index (χ2v) is 4.75. The number of furan rings is 1. The first-order valence-electron chi connectivity index (χ1n) is 7.05. The van der Waals surface area contributed by atoms with Gasteiger partial charge in [0.1, 0.15) is 0 Å². The maximum Gasteiger partial charge on any atom is 0.238 e. The van der Waals surface area contributed by atoms with E-state index < -0.39 is 0 Å². The normalized spacial score (nSPS) is 11.7. The number of likely N-dealkylation sites (N-methyl/N-ethyl adjacent to an activating group) is 1. The number of aryl methyl sites for hydroxylation is 1. The first-order valence-corrected chi connectivity index (χ1v) is 7.05. The summed E-state index contributed by atoms with van der Waals surface area (Å²) in [5.74, 6) is 1.35. The summed E-state index contributed by atoms with van der Waals surface area (Å²) in [5, 5.41) is 9.90. The highest BCUT2D eigenvalue weighted by Crippen LogP contribution is 2.16. The van der Waals surface area contributed by atoms with E-state index in [1.807, 2.05) is 13.8 Å². The highest BCUT2D eigenvalue weighted by Gasteiger charge is 2.12. The van der Waals surface area contributed by atoms with Crippen LogP contribution in [0.3, 0.4) is 0 Å². The van der Waals surface area contributed by atoms with Gasteiger partial charge in [-0.05, 0) is 25.6 Å². The SMILES string of the molecule is CCN[C@H](C)CNC(=O)CCc1nc(-c2ccco2)no1.Cl. The zero-order chi connectivity index (χ0) is 15.1. The number of hydrogen-bond donors (Lipinski definition) is 2. The van der Waals surface area contributed by atoms with Crippen molar-refractivity contribution >= 4 is 18.3 Å². The minimum Gasteiger partial charge on any atom is -0.461 e. The Morgan fingerprint density at radius 1 is 1.45 bits per heavy atom. The first kappa shape index (κ1) is 18.2. The van der Waals surface area contributed by atoms with Crippen LogP contribution in [0, 0.1) is 0 Å². The summed E-state index contributed by atoms with van der Waals surface area (Å²) in [7, 11) is 0. The van der Waals surface area contributed by atoms with Gasteiger partial charge in [-0.1, -0.05) is 12.1 Å². The van der Waals surface area contributed by atoms with Crippen LogP contribution in [0.2, 0.25) is 0 Å². The van der Waals surface area contributed by atoms with Crippen molar-refractivity contribution in [3.05, 3.63) is 24.3 Å². The van der Waals surface area contributed by atoms with E-state index >= 15 is 0 Å². The Hall–Kier alpha value is -1.86. The molecule has 7 nitrogen and oxygen atoms in total. The second-order valence-electron chi connectivity index (χ2n) is 4.75. The Morgan fingerprint density at radius 3 is 2.95 bits per heavy atom. The minimum absolute atomic E-state index is 0. The van der Waals surface area contributed by atoms with Gasteiger partial charge in [0.05, 0.1) is 6.26 Å². The lowest BCUT2D eigenvalue weighted by molar-refractivity contribution is -0.121. The molecule has 0 saturated heterocycles. The Bertz CT molecular complexity index is 556. The molecule has 0 aliphatic carbocycles. The van der Waals surface area contributed by atoms with Gasteiger partial charge < -0.3 is 19.6 Å². The van der Waals surface area contributed by atoms with Crippen LogP contribution in [0.1, 0.15) is 26.2 Å². The van der Waals surface area contributed by atoms with E-state index in [1.54, 1.807) is 18.4 Å². The smallest absolute Gasteiger partial charge is 0.238 e. The van der Waals surface area contributed by atoms with Crippen molar-refractivity contribution in [2.24, 2.45) is 0 Å². The number of carbonyl (C=O) groups is 1. The molecule has 2 aromatic rings. The van der Waals surface area contributed by atoms with Crippen LogP contribution < -0.4 is 10.6 Å². The third-order valence-electron chi connectivity index (χ3n) is 2.93. The summed E-state index contributed by atoms with van der Waals surface area (Å²) in [5.41, 5.74) is 0. The molecule has 2 heterocycles. The average molecular weight is 329 g/mol. The minimum atomic E-state index is -0.0301. The van der Waals surface area contributed by atoms with Crippen molar-refractivity contribution < 1.29 is 13.7 Å². The number of rotatable bonds is 8. The fraction of sp³-hybridized carbons (Fsp3) is 0.500. The first-order chi connectivity index (χ1) is 10.2. The van der Waals surface area contributed by atoms with Crippen LogP contribution >= 0.6 is 12.4 Å². The van der Waals surface area contributed by atoms with Crippen LogP contribution in [0.5, 0.6) is 0 Å². The van der Waals surface area contributed by atoms with E-state index in [-0.39, 0.29) is 24.4 Å². The Balaban J connectivity index is 0.00000242. The van der Waals surface area contributed by atoms with E-state index in [0.717, 1.165) is 6.54 Å². The predicted octanol–water partition coefficient (Wildman–Crippen LogP) is 1.80. The summed E-state index contributed by atoms with van der Waals surface area (Å²) in [6, 6.07) is 3.77. The summed E-state index contributed by atoms with van der Waals surface area (Å²) < 4.78 is 10.3. The standard InChI is InChI=1S/C14H20N4O3.ClH/c1-3-15-10(2)9-16-12(19)6-7-13-17-14(18-21-13)11-5-4-8-20-11;/h4-5,8,10,15H,3,6-7,9H2,1-2H3,(H,16,19);1H/t10-;/m1./s1. The van der Waals surface area contributed by atoms with E-state index in [1.165, 1.54) is 0 Å². The molecule has 1 atom stereocenters. The number of amides is 1. The molecule has 0 unspecified atom stereocenters. The molecule has 0 spiro atoms. The zero-order valence-electron chi connectivity index (χ0n) is 12.7. The van der Waals surface area contributed by atoms with Crippen LogP contribution in [0.4, 0.5) is 0 Å². The van der Waals surface area contributed by atoms with Crippen molar-refractivity contribution in [2.45, 2.75) is 32.7 Å². The molecule has 22 heavy (non-hydrogen) atoms. The van der Waals surface area contributed by atoms with E-state index in [2.05, 4.69) is 20.8 Å². The highest BCUT2D eigenvalue weighted by atomic mass is 35.5. The van der Waals surface area contributed by atoms with Gasteiger partial charge in [-0.3, -0.25) is 4.79 Å². The van der Waals surface area contributed by atoms with Crippen LogP contribution in [0.25, 0.3) is 11.6 Å². The highest BCUT2D eigenvalue weighted by molar-refractivity contribution is 5.85. The van der Waals surface area contributed by atoms with Crippen molar-refractivity contribution in [1.82, 2.24) is 20.8 Å². The fourth-order valence-corrected chi connectivity index (χ4v) is 1.86. The van der Waals surface area contributed by atoms with Gasteiger partial charge in [0.2, 0.25) is 17.6 Å². The third-order valence-corrected chi connectivity index (χ3v) is 2.93. The van der Waals surface area contributed by atoms with Gasteiger partial charge in [-0.25, -0.2) is 0 Å². The molecular weight excluding hydrogens is 308 g/mol. The maximum absolute atomic E-state index is 11.7. The summed E-state index contributed by atoms with van der Waals surface area (Å²) in [4.78, 5) is 15.9. The van der Waals surface area contributed by atoms with Gasteiger partial charge in [-0.15, -0.1) is 12.4 Å². The Morgan fingerprint density at radius 2 is 2.27 bits per heavy atom. The molecule has 0 saturated carbocycles. The van der Waals surface area contributed by atoms with Crippen molar-refractivity contribution in [2.75, 3.05) is 13.1 Å². The van der Waals surface area contributed by atoms with E-state index in [4.69, 9.17) is 8.94 Å². The van der Waals surface area contributed by atoms with Crippen LogP contribution in [-0.2, 0) is 11.2 Å². The van der Waals surface area contributed by atoms with Crippen LogP contribution in [0.15, 0.2) is 27.3 Å². The van der Waals surface area contributed by atoms with Crippen molar-refractivity contribution in [3.63, 3.8) is 0 Å². The Labute approximate surface area is 135 Å². The molecule has 1 amide bonds. The average Bonchev–Trinajstić information content (AvgIpc) is 3.13. The topological polar surface area (TPSA) is 93.2 Å². The summed E-state index contributed by atoms with van der Waals surface area (Å²) >= 11 is 0. The molecule has 2 aromatic heterocycles. The maximum atomic E-state index is 11.7. The second kappa shape index (κ2) is 9.22. The lowest BCUT2D eigenvalue weighted by Gasteiger charge is -2.12. The Kier molecular flexibility index (Phi) is 7.62. The van der Waals surface area contributed by atoms with Gasteiger partial charge in [0.15, 0.2) is 5.76 Å². The van der Waals surface area contributed by atoms with Gasteiger partial charge in [0.25, 0.3) is 0 Å². The number of nitrogens with one attached hydrogen (secondary N) is 2. The molecule has 0 aliphatic heterocycles. The molecule has 0 bridgehead atoms. The van der Waals surface area contributed by atoms with Gasteiger partial charge >= 0.3 is 0 Å². The van der Waals surface area contributed by atoms with Crippen molar-refractivity contribution in [1.29, 1.82) is 0 Å². The fourth-order valence-electron chi connectivity index (χ4n) is 1.86. The quantitative estimate of drug-likeness (QED) is 0.767. The van der Waals surface area contributed by atoms with Gasteiger partial charge in [-0.2, -0.15) is 4.98 Å². The molecule has 0 aromatic carbocycles.